The first-order chi connectivity index (χ1) is 16.3. The van der Waals surface area contributed by atoms with Gasteiger partial charge in [0.15, 0.2) is 5.78 Å². The molecule has 0 aliphatic carbocycles. The van der Waals surface area contributed by atoms with Crippen LogP contribution in [0, 0.1) is 6.92 Å². The summed E-state index contributed by atoms with van der Waals surface area (Å²) in [4.78, 5) is 48.4. The van der Waals surface area contributed by atoms with E-state index in [0.29, 0.717) is 22.4 Å². The molecule has 0 fully saturated rings. The number of nitrogens with one attached hydrogen (secondary N) is 2. The molecule has 3 aromatic rings. The van der Waals surface area contributed by atoms with Gasteiger partial charge in [0.25, 0.3) is 5.91 Å². The van der Waals surface area contributed by atoms with E-state index in [2.05, 4.69) is 10.6 Å². The minimum Gasteiger partial charge on any atom is -0.427 e. The fourth-order valence-electron chi connectivity index (χ4n) is 3.26. The van der Waals surface area contributed by atoms with E-state index in [-0.39, 0.29) is 42.7 Å². The third-order valence-corrected chi connectivity index (χ3v) is 5.04. The number of carbonyl (C=O) groups is 4. The Morgan fingerprint density at radius 1 is 0.824 bits per heavy atom. The average Bonchev–Trinajstić information content (AvgIpc) is 2.82. The van der Waals surface area contributed by atoms with E-state index in [4.69, 9.17) is 4.74 Å². The molecular weight excluding hydrogens is 432 g/mol. The topological polar surface area (TPSA) is 102 Å². The Labute approximate surface area is 198 Å². The summed E-state index contributed by atoms with van der Waals surface area (Å²) in [5.74, 6) is -0.908. The zero-order valence-corrected chi connectivity index (χ0v) is 19.1. The van der Waals surface area contributed by atoms with Crippen molar-refractivity contribution in [2.45, 2.75) is 33.2 Å². The van der Waals surface area contributed by atoms with Crippen LogP contribution in [0.15, 0.2) is 72.8 Å². The standard InChI is InChI=1S/C27H26N2O5/c1-18-10-12-20(13-11-18)25(31)14-15-26(32)29-24-9-4-3-6-22(24)17-28-27(33)21-7-5-8-23(16-21)34-19(2)30/h3-13,16H,14-15,17H2,1-2H3,(H,28,33)(H,29,32). The van der Waals surface area contributed by atoms with E-state index in [1.165, 1.54) is 13.0 Å². The number of hydrogen-bond donors (Lipinski definition) is 2. The maximum Gasteiger partial charge on any atom is 0.308 e. The summed E-state index contributed by atoms with van der Waals surface area (Å²) >= 11 is 0. The van der Waals surface area contributed by atoms with Crippen LogP contribution in [-0.2, 0) is 16.1 Å². The molecule has 0 aromatic heterocycles. The fraction of sp³-hybridized carbons (Fsp3) is 0.185. The van der Waals surface area contributed by atoms with Crippen LogP contribution in [0.2, 0.25) is 0 Å². The van der Waals surface area contributed by atoms with Crippen molar-refractivity contribution in [3.8, 4) is 5.75 Å². The number of hydrogen-bond acceptors (Lipinski definition) is 5. The Bertz CT molecular complexity index is 1200. The van der Waals surface area contributed by atoms with Gasteiger partial charge in [-0.1, -0.05) is 54.1 Å². The summed E-state index contributed by atoms with van der Waals surface area (Å²) in [6, 6.07) is 20.7. The highest BCUT2D eigenvalue weighted by atomic mass is 16.5. The molecule has 0 radical (unpaired) electrons. The lowest BCUT2D eigenvalue weighted by molar-refractivity contribution is -0.131. The molecule has 7 heteroatoms. The maximum absolute atomic E-state index is 12.5. The summed E-state index contributed by atoms with van der Waals surface area (Å²) in [5.41, 5.74) is 3.26. The van der Waals surface area contributed by atoms with Gasteiger partial charge in [0.2, 0.25) is 5.91 Å². The van der Waals surface area contributed by atoms with Crippen LogP contribution in [0.4, 0.5) is 5.69 Å². The lowest BCUT2D eigenvalue weighted by Gasteiger charge is -2.12. The number of anilines is 1. The van der Waals surface area contributed by atoms with Crippen LogP contribution >= 0.6 is 0 Å². The number of ether oxygens (including phenoxy) is 1. The van der Waals surface area contributed by atoms with Gasteiger partial charge in [0.05, 0.1) is 0 Å². The largest absolute Gasteiger partial charge is 0.427 e. The molecule has 0 bridgehead atoms. The summed E-state index contributed by atoms with van der Waals surface area (Å²) in [5, 5.41) is 5.62. The predicted molar refractivity (Wildman–Crippen MR) is 129 cm³/mol. The lowest BCUT2D eigenvalue weighted by atomic mass is 10.0. The number of para-hydroxylation sites is 1. The first-order valence-corrected chi connectivity index (χ1v) is 10.9. The second-order valence-electron chi connectivity index (χ2n) is 7.80. The Kier molecular flexibility index (Phi) is 8.29. The van der Waals surface area contributed by atoms with Crippen molar-refractivity contribution >= 4 is 29.3 Å². The number of rotatable bonds is 9. The summed E-state index contributed by atoms with van der Waals surface area (Å²) in [6.07, 6.45) is 0.156. The zero-order valence-electron chi connectivity index (χ0n) is 19.1. The van der Waals surface area contributed by atoms with E-state index in [9.17, 15) is 19.2 Å². The molecule has 3 aromatic carbocycles. The molecule has 0 saturated carbocycles. The highest BCUT2D eigenvalue weighted by Crippen LogP contribution is 2.17. The fourth-order valence-corrected chi connectivity index (χ4v) is 3.26. The molecule has 0 unspecified atom stereocenters. The predicted octanol–water partition coefficient (Wildman–Crippen LogP) is 4.45. The first kappa shape index (κ1) is 24.4. The highest BCUT2D eigenvalue weighted by Gasteiger charge is 2.13. The number of carbonyl (C=O) groups excluding carboxylic acids is 4. The number of benzene rings is 3. The Balaban J connectivity index is 1.56. The summed E-state index contributed by atoms with van der Waals surface area (Å²) < 4.78 is 5.01. The van der Waals surface area contributed by atoms with Gasteiger partial charge in [-0.15, -0.1) is 0 Å². The first-order valence-electron chi connectivity index (χ1n) is 10.9. The van der Waals surface area contributed by atoms with E-state index >= 15 is 0 Å². The second-order valence-corrected chi connectivity index (χ2v) is 7.80. The van der Waals surface area contributed by atoms with E-state index in [1.54, 1.807) is 54.6 Å². The van der Waals surface area contributed by atoms with Crippen molar-refractivity contribution in [1.82, 2.24) is 5.32 Å². The van der Waals surface area contributed by atoms with Crippen molar-refractivity contribution in [2.75, 3.05) is 5.32 Å². The van der Waals surface area contributed by atoms with E-state index < -0.39 is 5.97 Å². The van der Waals surface area contributed by atoms with Gasteiger partial charge in [0.1, 0.15) is 5.75 Å². The van der Waals surface area contributed by atoms with Crippen molar-refractivity contribution in [2.24, 2.45) is 0 Å². The molecule has 0 spiro atoms. The molecule has 7 nitrogen and oxygen atoms in total. The molecule has 0 aliphatic rings. The summed E-state index contributed by atoms with van der Waals surface area (Å²) in [7, 11) is 0. The van der Waals surface area contributed by atoms with Gasteiger partial charge >= 0.3 is 5.97 Å². The van der Waals surface area contributed by atoms with Crippen molar-refractivity contribution in [3.05, 3.63) is 95.1 Å². The number of aryl methyl sites for hydroxylation is 1. The quantitative estimate of drug-likeness (QED) is 0.280. The molecule has 2 amide bonds. The molecular formula is C27H26N2O5. The van der Waals surface area contributed by atoms with Crippen LogP contribution in [0.3, 0.4) is 0 Å². The molecule has 0 saturated heterocycles. The third-order valence-electron chi connectivity index (χ3n) is 5.04. The molecule has 174 valence electrons. The highest BCUT2D eigenvalue weighted by molar-refractivity contribution is 6.00. The molecule has 0 atom stereocenters. The van der Waals surface area contributed by atoms with Gasteiger partial charge in [-0.25, -0.2) is 0 Å². The van der Waals surface area contributed by atoms with Gasteiger partial charge in [-0.05, 0) is 36.8 Å². The van der Waals surface area contributed by atoms with Crippen LogP contribution in [0.1, 0.15) is 51.6 Å². The van der Waals surface area contributed by atoms with Gasteiger partial charge < -0.3 is 15.4 Å². The van der Waals surface area contributed by atoms with Crippen molar-refractivity contribution in [1.29, 1.82) is 0 Å². The van der Waals surface area contributed by atoms with Gasteiger partial charge in [-0.3, -0.25) is 19.2 Å². The van der Waals surface area contributed by atoms with Crippen LogP contribution < -0.4 is 15.4 Å². The number of amides is 2. The number of esters is 1. The second kappa shape index (κ2) is 11.6. The van der Waals surface area contributed by atoms with Crippen LogP contribution in [0.25, 0.3) is 0 Å². The normalized spacial score (nSPS) is 10.3. The minimum absolute atomic E-state index is 0.0519. The van der Waals surface area contributed by atoms with Crippen LogP contribution in [0.5, 0.6) is 5.75 Å². The van der Waals surface area contributed by atoms with Gasteiger partial charge in [0, 0.05) is 43.1 Å². The molecule has 0 aliphatic heterocycles. The average molecular weight is 459 g/mol. The SMILES string of the molecule is CC(=O)Oc1cccc(C(=O)NCc2ccccc2NC(=O)CCC(=O)c2ccc(C)cc2)c1. The molecule has 0 heterocycles. The monoisotopic (exact) mass is 458 g/mol. The minimum atomic E-state index is -0.470. The lowest BCUT2D eigenvalue weighted by Crippen LogP contribution is -2.24. The Hall–Kier alpha value is -4.26. The smallest absolute Gasteiger partial charge is 0.308 e. The van der Waals surface area contributed by atoms with E-state index in [1.807, 2.05) is 19.1 Å². The van der Waals surface area contributed by atoms with Crippen molar-refractivity contribution < 1.29 is 23.9 Å². The molecule has 34 heavy (non-hydrogen) atoms. The Morgan fingerprint density at radius 3 is 2.29 bits per heavy atom. The van der Waals surface area contributed by atoms with Gasteiger partial charge in [-0.2, -0.15) is 0 Å². The Morgan fingerprint density at radius 2 is 1.56 bits per heavy atom. The third kappa shape index (κ3) is 7.13. The van der Waals surface area contributed by atoms with Crippen LogP contribution in [-0.4, -0.2) is 23.6 Å². The van der Waals surface area contributed by atoms with E-state index in [0.717, 1.165) is 5.56 Å². The summed E-state index contributed by atoms with van der Waals surface area (Å²) in [6.45, 7) is 3.41. The number of Topliss-reactive ketones (excluding diaryl/α,β-unsaturated/α-hetero) is 1. The number of ketones is 1. The zero-order chi connectivity index (χ0) is 24.5. The van der Waals surface area contributed by atoms with Crippen molar-refractivity contribution in [3.63, 3.8) is 0 Å². The molecule has 3 rings (SSSR count). The molecule has 2 N–H and O–H groups in total. The maximum atomic E-state index is 12.5.